The molecule has 0 aliphatic carbocycles. The minimum atomic E-state index is -0.519. The number of amidine groups is 1. The van der Waals surface area contributed by atoms with E-state index >= 15 is 0 Å². The molecule has 5 nitrogen and oxygen atoms in total. The van der Waals surface area contributed by atoms with Gasteiger partial charge < -0.3 is 15.5 Å². The Bertz CT molecular complexity index is 771. The summed E-state index contributed by atoms with van der Waals surface area (Å²) >= 11 is 5.73. The molecule has 2 aromatic rings. The Hall–Kier alpha value is -2.34. The van der Waals surface area contributed by atoms with Crippen LogP contribution >= 0.6 is 11.6 Å². The summed E-state index contributed by atoms with van der Waals surface area (Å²) in [5.41, 5.74) is 6.52. The van der Waals surface area contributed by atoms with Gasteiger partial charge in [-0.1, -0.05) is 22.8 Å². The van der Waals surface area contributed by atoms with Crippen LogP contribution in [0.25, 0.3) is 0 Å². The summed E-state index contributed by atoms with van der Waals surface area (Å²) in [5, 5.41) is 11.5. The molecule has 0 saturated heterocycles. The maximum Gasteiger partial charge on any atom is 0.262 e. The molecule has 0 bridgehead atoms. The average Bonchev–Trinajstić information content (AvgIpc) is 2.46. The summed E-state index contributed by atoms with van der Waals surface area (Å²) < 4.78 is 14.6. The molecular weight excluding hydrogens is 297 g/mol. The van der Waals surface area contributed by atoms with Gasteiger partial charge in [-0.3, -0.25) is 4.79 Å². The zero-order chi connectivity index (χ0) is 15.6. The number of aryl methyl sites for hydroxylation is 1. The van der Waals surface area contributed by atoms with E-state index in [0.29, 0.717) is 11.3 Å². The number of benzene rings is 1. The van der Waals surface area contributed by atoms with Crippen molar-refractivity contribution < 1.29 is 9.60 Å². The van der Waals surface area contributed by atoms with Crippen molar-refractivity contribution in [1.82, 2.24) is 4.57 Å². The van der Waals surface area contributed by atoms with Crippen LogP contribution in [0.1, 0.15) is 16.8 Å². The fraction of sp³-hybridized carbons (Fsp3) is 0.143. The van der Waals surface area contributed by atoms with Crippen LogP contribution < -0.4 is 11.3 Å². The molecule has 0 amide bonds. The molecule has 1 aromatic heterocycles. The molecule has 0 fully saturated rings. The lowest BCUT2D eigenvalue weighted by molar-refractivity contribution is 0.318. The van der Waals surface area contributed by atoms with Gasteiger partial charge in [-0.2, -0.15) is 0 Å². The predicted octanol–water partition coefficient (Wildman–Crippen LogP) is 2.09. The highest BCUT2D eigenvalue weighted by atomic mass is 35.5. The van der Waals surface area contributed by atoms with Crippen LogP contribution in [0.3, 0.4) is 0 Å². The van der Waals surface area contributed by atoms with Crippen LogP contribution in [0.5, 0.6) is 0 Å². The number of nitrogens with two attached hydrogens (primary N) is 1. The summed E-state index contributed by atoms with van der Waals surface area (Å²) in [4.78, 5) is 12.3. The predicted molar refractivity (Wildman–Crippen MR) is 78.5 cm³/mol. The van der Waals surface area contributed by atoms with Crippen LogP contribution in [0.4, 0.5) is 4.39 Å². The van der Waals surface area contributed by atoms with E-state index in [1.165, 1.54) is 22.8 Å². The lowest BCUT2D eigenvalue weighted by Crippen LogP contribution is -2.31. The summed E-state index contributed by atoms with van der Waals surface area (Å²) in [7, 11) is 0. The maximum absolute atomic E-state index is 13.2. The molecule has 1 aromatic carbocycles. The molecule has 0 unspecified atom stereocenters. The normalized spacial score (nSPS) is 11.7. The zero-order valence-corrected chi connectivity index (χ0v) is 11.9. The highest BCUT2D eigenvalue weighted by Crippen LogP contribution is 2.16. The minimum absolute atomic E-state index is 0.00853. The number of hydrogen-bond donors (Lipinski definition) is 2. The van der Waals surface area contributed by atoms with Gasteiger partial charge in [0, 0.05) is 5.69 Å². The van der Waals surface area contributed by atoms with Crippen molar-refractivity contribution in [3.8, 4) is 0 Å². The van der Waals surface area contributed by atoms with Gasteiger partial charge in [0.15, 0.2) is 5.84 Å². The van der Waals surface area contributed by atoms with Crippen LogP contribution in [0.15, 0.2) is 40.3 Å². The highest BCUT2D eigenvalue weighted by molar-refractivity contribution is 6.30. The van der Waals surface area contributed by atoms with E-state index in [4.69, 9.17) is 22.5 Å². The van der Waals surface area contributed by atoms with Gasteiger partial charge in [-0.15, -0.1) is 0 Å². The summed E-state index contributed by atoms with van der Waals surface area (Å²) in [6.45, 7) is 1.96. The molecule has 2 rings (SSSR count). The van der Waals surface area contributed by atoms with Crippen molar-refractivity contribution >= 4 is 17.4 Å². The van der Waals surface area contributed by atoms with Gasteiger partial charge in [-0.25, -0.2) is 4.39 Å². The highest BCUT2D eigenvalue weighted by Gasteiger charge is 2.11. The van der Waals surface area contributed by atoms with E-state index in [1.54, 1.807) is 19.1 Å². The third-order valence-electron chi connectivity index (χ3n) is 3.10. The summed E-state index contributed by atoms with van der Waals surface area (Å²) in [6.07, 6.45) is 0. The number of pyridine rings is 1. The molecule has 1 heterocycles. The minimum Gasteiger partial charge on any atom is -0.409 e. The largest absolute Gasteiger partial charge is 0.409 e. The van der Waals surface area contributed by atoms with Gasteiger partial charge in [0.2, 0.25) is 0 Å². The van der Waals surface area contributed by atoms with Gasteiger partial charge in [0.25, 0.3) is 5.56 Å². The van der Waals surface area contributed by atoms with Gasteiger partial charge >= 0.3 is 0 Å². The molecule has 7 heteroatoms. The molecule has 0 saturated carbocycles. The lowest BCUT2D eigenvalue weighted by Gasteiger charge is -2.12. The number of aromatic nitrogens is 1. The van der Waals surface area contributed by atoms with Gasteiger partial charge in [0.1, 0.15) is 5.82 Å². The topological polar surface area (TPSA) is 80.6 Å². The smallest absolute Gasteiger partial charge is 0.262 e. The fourth-order valence-electron chi connectivity index (χ4n) is 1.94. The van der Waals surface area contributed by atoms with Crippen molar-refractivity contribution in [2.24, 2.45) is 10.9 Å². The van der Waals surface area contributed by atoms with Crippen molar-refractivity contribution in [3.05, 3.63) is 68.3 Å². The Kier molecular flexibility index (Phi) is 4.28. The van der Waals surface area contributed by atoms with E-state index in [-0.39, 0.29) is 23.0 Å². The van der Waals surface area contributed by atoms with Crippen LogP contribution in [0.2, 0.25) is 5.02 Å². The standard InChI is InChI=1S/C14H13ClFN3O2/c1-8-2-4-10(13(17)18-21)14(20)19(8)7-9-3-5-12(16)11(15)6-9/h2-6,21H,7H2,1H3,(H2,17,18). The lowest BCUT2D eigenvalue weighted by atomic mass is 10.2. The van der Waals surface area contributed by atoms with Crippen LogP contribution in [-0.2, 0) is 6.54 Å². The number of oxime groups is 1. The Balaban J connectivity index is 2.49. The van der Waals surface area contributed by atoms with Gasteiger partial charge in [0.05, 0.1) is 17.1 Å². The summed E-state index contributed by atoms with van der Waals surface area (Å²) in [5.74, 6) is -0.777. The van der Waals surface area contributed by atoms with Crippen LogP contribution in [-0.4, -0.2) is 15.6 Å². The molecule has 0 atom stereocenters. The average molecular weight is 310 g/mol. The first kappa shape index (κ1) is 15.1. The Morgan fingerprint density at radius 1 is 1.43 bits per heavy atom. The number of nitrogens with zero attached hydrogens (tertiary/aromatic N) is 2. The second-order valence-electron chi connectivity index (χ2n) is 4.51. The van der Waals surface area contributed by atoms with Gasteiger partial charge in [-0.05, 0) is 36.8 Å². The fourth-order valence-corrected chi connectivity index (χ4v) is 2.14. The molecule has 0 aliphatic rings. The third-order valence-corrected chi connectivity index (χ3v) is 3.39. The van der Waals surface area contributed by atoms with E-state index in [1.807, 2.05) is 0 Å². The van der Waals surface area contributed by atoms with Crippen molar-refractivity contribution in [2.75, 3.05) is 0 Å². The van der Waals surface area contributed by atoms with Crippen molar-refractivity contribution in [3.63, 3.8) is 0 Å². The second kappa shape index (κ2) is 5.97. The van der Waals surface area contributed by atoms with E-state index in [0.717, 1.165) is 0 Å². The number of rotatable bonds is 3. The summed E-state index contributed by atoms with van der Waals surface area (Å²) in [6, 6.07) is 7.41. The monoisotopic (exact) mass is 309 g/mol. The molecule has 0 radical (unpaired) electrons. The first-order valence-electron chi connectivity index (χ1n) is 6.06. The zero-order valence-electron chi connectivity index (χ0n) is 11.2. The first-order chi connectivity index (χ1) is 9.93. The Morgan fingerprint density at radius 3 is 2.76 bits per heavy atom. The quantitative estimate of drug-likeness (QED) is 0.394. The van der Waals surface area contributed by atoms with Crippen molar-refractivity contribution in [1.29, 1.82) is 0 Å². The SMILES string of the molecule is Cc1ccc(/C(N)=N/O)c(=O)n1Cc1ccc(F)c(Cl)c1. The van der Waals surface area contributed by atoms with Crippen LogP contribution in [0, 0.1) is 12.7 Å². The maximum atomic E-state index is 13.2. The van der Waals surface area contributed by atoms with E-state index in [9.17, 15) is 9.18 Å². The Morgan fingerprint density at radius 2 is 2.14 bits per heavy atom. The number of hydrogen-bond acceptors (Lipinski definition) is 3. The van der Waals surface area contributed by atoms with Crippen molar-refractivity contribution in [2.45, 2.75) is 13.5 Å². The molecule has 0 spiro atoms. The molecular formula is C14H13ClFN3O2. The number of halogens is 2. The molecule has 0 aliphatic heterocycles. The van der Waals surface area contributed by atoms with E-state index in [2.05, 4.69) is 5.16 Å². The third kappa shape index (κ3) is 3.05. The molecule has 21 heavy (non-hydrogen) atoms. The molecule has 3 N–H and O–H groups in total. The first-order valence-corrected chi connectivity index (χ1v) is 6.44. The Labute approximate surface area is 125 Å². The molecule has 110 valence electrons. The van der Waals surface area contributed by atoms with E-state index < -0.39 is 11.4 Å². The second-order valence-corrected chi connectivity index (χ2v) is 4.92.